The van der Waals surface area contributed by atoms with Crippen molar-refractivity contribution < 1.29 is 4.52 Å². The highest BCUT2D eigenvalue weighted by Crippen LogP contribution is 2.19. The van der Waals surface area contributed by atoms with Crippen molar-refractivity contribution in [3.05, 3.63) is 40.2 Å². The smallest absolute Gasteiger partial charge is 0.246 e. The third-order valence-corrected chi connectivity index (χ3v) is 3.18. The topological polar surface area (TPSA) is 59.6 Å². The highest BCUT2D eigenvalue weighted by Gasteiger charge is 2.10. The summed E-state index contributed by atoms with van der Waals surface area (Å²) in [5, 5.41) is 3.79. The summed E-state index contributed by atoms with van der Waals surface area (Å²) in [6.45, 7) is 4.35. The molecule has 5 nitrogen and oxygen atoms in total. The van der Waals surface area contributed by atoms with Crippen LogP contribution in [-0.4, -0.2) is 19.7 Å². The second-order valence-electron chi connectivity index (χ2n) is 4.22. The average Bonchev–Trinajstić information content (AvgIpc) is 2.85. The van der Waals surface area contributed by atoms with Crippen LogP contribution in [0.4, 0.5) is 0 Å². The molecule has 6 heteroatoms. The Morgan fingerprint density at radius 3 is 2.94 bits per heavy atom. The van der Waals surface area contributed by atoms with Crippen LogP contribution in [0.1, 0.15) is 17.3 Å². The molecule has 3 rings (SSSR count). The van der Waals surface area contributed by atoms with Gasteiger partial charge in [0.1, 0.15) is 6.54 Å². The number of nitrogens with one attached hydrogen (secondary N) is 1. The predicted octanol–water partition coefficient (Wildman–Crippen LogP) is 2.75. The number of fused-ring (bicyclic) bond motifs is 1. The lowest BCUT2D eigenvalue weighted by Gasteiger charge is -2.02. The number of hydrogen-bond donors (Lipinski definition) is 1. The van der Waals surface area contributed by atoms with E-state index in [4.69, 9.17) is 16.7 Å². The minimum atomic E-state index is 0.491. The van der Waals surface area contributed by atoms with Gasteiger partial charge in [-0.1, -0.05) is 17.3 Å². The summed E-state index contributed by atoms with van der Waals surface area (Å²) < 4.78 is 7.78. The first-order valence-corrected chi connectivity index (χ1v) is 6.03. The number of hydrogen-bond acceptors (Lipinski definition) is 4. The zero-order valence-corrected chi connectivity index (χ0v) is 10.9. The van der Waals surface area contributed by atoms with Crippen LogP contribution in [0.5, 0.6) is 0 Å². The molecule has 0 aliphatic rings. The van der Waals surface area contributed by atoms with Gasteiger partial charge in [-0.25, -0.2) is 0 Å². The molecule has 0 saturated heterocycles. The Labute approximate surface area is 108 Å². The summed E-state index contributed by atoms with van der Waals surface area (Å²) in [5.41, 5.74) is 3.27. The molecule has 0 saturated carbocycles. The molecule has 0 aliphatic heterocycles. The molecule has 92 valence electrons. The van der Waals surface area contributed by atoms with E-state index in [1.807, 2.05) is 16.7 Å². The Bertz CT molecular complexity index is 768. The van der Waals surface area contributed by atoms with E-state index in [0.717, 1.165) is 16.6 Å². The first kappa shape index (κ1) is 11.2. The van der Waals surface area contributed by atoms with Crippen molar-refractivity contribution in [1.29, 1.82) is 0 Å². The first-order chi connectivity index (χ1) is 8.65. The molecular formula is C12H12N4OS. The van der Waals surface area contributed by atoms with E-state index >= 15 is 0 Å². The normalized spacial score (nSPS) is 11.2. The molecule has 3 aromatic rings. The number of aromatic amines is 1. The van der Waals surface area contributed by atoms with Crippen LogP contribution >= 0.6 is 12.2 Å². The molecule has 0 atom stereocenters. The van der Waals surface area contributed by atoms with Gasteiger partial charge in [0, 0.05) is 0 Å². The highest BCUT2D eigenvalue weighted by atomic mass is 32.1. The van der Waals surface area contributed by atoms with E-state index in [0.29, 0.717) is 23.0 Å². The lowest BCUT2D eigenvalue weighted by molar-refractivity contribution is 0.368. The van der Waals surface area contributed by atoms with E-state index < -0.39 is 0 Å². The van der Waals surface area contributed by atoms with Crippen LogP contribution in [0.25, 0.3) is 11.0 Å². The number of benzene rings is 1. The SMILES string of the molecule is Cc1noc(Cn2c(=S)[nH]c3cccc(C)c32)n1. The second-order valence-corrected chi connectivity index (χ2v) is 4.61. The van der Waals surface area contributed by atoms with Crippen molar-refractivity contribution >= 4 is 23.3 Å². The summed E-state index contributed by atoms with van der Waals surface area (Å²) in [6, 6.07) is 6.07. The predicted molar refractivity (Wildman–Crippen MR) is 70.0 cm³/mol. The van der Waals surface area contributed by atoms with E-state index in [1.165, 1.54) is 0 Å². The Morgan fingerprint density at radius 1 is 1.39 bits per heavy atom. The lowest BCUT2D eigenvalue weighted by atomic mass is 10.2. The van der Waals surface area contributed by atoms with Crippen molar-refractivity contribution in [2.45, 2.75) is 20.4 Å². The number of H-pyrrole nitrogens is 1. The Kier molecular flexibility index (Phi) is 2.52. The molecule has 2 aromatic heterocycles. The molecule has 2 heterocycles. The monoisotopic (exact) mass is 260 g/mol. The number of aryl methyl sites for hydroxylation is 2. The van der Waals surface area contributed by atoms with Crippen molar-refractivity contribution in [3.63, 3.8) is 0 Å². The lowest BCUT2D eigenvalue weighted by Crippen LogP contribution is -2.01. The number of aromatic nitrogens is 4. The van der Waals surface area contributed by atoms with Gasteiger partial charge in [-0.05, 0) is 37.7 Å². The van der Waals surface area contributed by atoms with Gasteiger partial charge in [0.05, 0.1) is 11.0 Å². The van der Waals surface area contributed by atoms with Crippen molar-refractivity contribution in [1.82, 2.24) is 19.7 Å². The van der Waals surface area contributed by atoms with Gasteiger partial charge in [-0.15, -0.1) is 0 Å². The molecule has 0 spiro atoms. The Balaban J connectivity index is 2.16. The minimum absolute atomic E-state index is 0.491. The number of nitrogens with zero attached hydrogens (tertiary/aromatic N) is 3. The number of para-hydroxylation sites is 1. The third-order valence-electron chi connectivity index (χ3n) is 2.86. The van der Waals surface area contributed by atoms with Gasteiger partial charge in [0.15, 0.2) is 10.6 Å². The molecule has 18 heavy (non-hydrogen) atoms. The molecule has 0 radical (unpaired) electrons. The number of rotatable bonds is 2. The summed E-state index contributed by atoms with van der Waals surface area (Å²) in [7, 11) is 0. The Hall–Kier alpha value is -1.95. The Morgan fingerprint density at radius 2 is 2.22 bits per heavy atom. The summed E-state index contributed by atoms with van der Waals surface area (Å²) in [5.74, 6) is 1.20. The van der Waals surface area contributed by atoms with Crippen LogP contribution in [0.2, 0.25) is 0 Å². The highest BCUT2D eigenvalue weighted by molar-refractivity contribution is 7.71. The molecule has 0 bridgehead atoms. The molecule has 0 fully saturated rings. The third kappa shape index (κ3) is 1.74. The maximum Gasteiger partial charge on any atom is 0.246 e. The van der Waals surface area contributed by atoms with Crippen LogP contribution < -0.4 is 0 Å². The zero-order chi connectivity index (χ0) is 12.7. The van der Waals surface area contributed by atoms with Gasteiger partial charge in [-0.2, -0.15) is 4.98 Å². The van der Waals surface area contributed by atoms with E-state index in [2.05, 4.69) is 28.1 Å². The maximum absolute atomic E-state index is 5.34. The molecule has 0 aliphatic carbocycles. The van der Waals surface area contributed by atoms with E-state index in [1.54, 1.807) is 6.92 Å². The molecule has 0 amide bonds. The fourth-order valence-electron chi connectivity index (χ4n) is 2.09. The van der Waals surface area contributed by atoms with E-state index in [-0.39, 0.29) is 0 Å². The largest absolute Gasteiger partial charge is 0.337 e. The summed E-state index contributed by atoms with van der Waals surface area (Å²) in [6.07, 6.45) is 0. The molecule has 0 unspecified atom stereocenters. The quantitative estimate of drug-likeness (QED) is 0.720. The second kappa shape index (κ2) is 4.06. The molecule has 1 N–H and O–H groups in total. The van der Waals surface area contributed by atoms with Crippen molar-refractivity contribution in [2.75, 3.05) is 0 Å². The fourth-order valence-corrected chi connectivity index (χ4v) is 2.36. The van der Waals surface area contributed by atoms with E-state index in [9.17, 15) is 0 Å². The molecule has 1 aromatic carbocycles. The van der Waals surface area contributed by atoms with Crippen LogP contribution in [0.15, 0.2) is 22.7 Å². The maximum atomic E-state index is 5.34. The van der Waals surface area contributed by atoms with Gasteiger partial charge in [0.2, 0.25) is 5.89 Å². The van der Waals surface area contributed by atoms with Gasteiger partial charge in [-0.3, -0.25) is 0 Å². The fraction of sp³-hybridized carbons (Fsp3) is 0.250. The standard InChI is InChI=1S/C12H12N4OS/c1-7-4-3-5-9-11(7)16(12(18)14-9)6-10-13-8(2)15-17-10/h3-5H,6H2,1-2H3,(H,14,18). The van der Waals surface area contributed by atoms with Crippen molar-refractivity contribution in [2.24, 2.45) is 0 Å². The number of imidazole rings is 1. The molecular weight excluding hydrogens is 248 g/mol. The van der Waals surface area contributed by atoms with Crippen LogP contribution in [0.3, 0.4) is 0 Å². The van der Waals surface area contributed by atoms with Gasteiger partial charge >= 0.3 is 0 Å². The van der Waals surface area contributed by atoms with Gasteiger partial charge in [0.25, 0.3) is 0 Å². The average molecular weight is 260 g/mol. The van der Waals surface area contributed by atoms with Crippen molar-refractivity contribution in [3.8, 4) is 0 Å². The minimum Gasteiger partial charge on any atom is -0.337 e. The van der Waals surface area contributed by atoms with Crippen LogP contribution in [-0.2, 0) is 6.54 Å². The summed E-state index contributed by atoms with van der Waals surface area (Å²) >= 11 is 5.34. The van der Waals surface area contributed by atoms with Crippen LogP contribution in [0, 0.1) is 18.6 Å². The summed E-state index contributed by atoms with van der Waals surface area (Å²) in [4.78, 5) is 7.39. The zero-order valence-electron chi connectivity index (χ0n) is 10.1. The van der Waals surface area contributed by atoms with Gasteiger partial charge < -0.3 is 14.1 Å². The first-order valence-electron chi connectivity index (χ1n) is 5.62.